The van der Waals surface area contributed by atoms with Crippen LogP contribution in [0.3, 0.4) is 0 Å². The zero-order chi connectivity index (χ0) is 12.8. The van der Waals surface area contributed by atoms with Crippen molar-refractivity contribution in [2.75, 3.05) is 13.1 Å². The van der Waals surface area contributed by atoms with Gasteiger partial charge in [0.15, 0.2) is 11.5 Å². The quantitative estimate of drug-likeness (QED) is 0.722. The van der Waals surface area contributed by atoms with Crippen LogP contribution in [0.25, 0.3) is 5.65 Å². The third-order valence-electron chi connectivity index (χ3n) is 2.54. The summed E-state index contributed by atoms with van der Waals surface area (Å²) in [6, 6.07) is 5.69. The molecular weight excluding hydrogens is 230 g/mol. The lowest BCUT2D eigenvalue weighted by Gasteiger charge is -2.04. The zero-order valence-electron chi connectivity index (χ0n) is 10.4. The Morgan fingerprint density at radius 3 is 3.11 bits per heavy atom. The van der Waals surface area contributed by atoms with Crippen molar-refractivity contribution in [3.8, 4) is 0 Å². The maximum absolute atomic E-state index is 11.5. The highest BCUT2D eigenvalue weighted by Gasteiger charge is 2.06. The molecule has 2 heterocycles. The van der Waals surface area contributed by atoms with Crippen LogP contribution in [0.15, 0.2) is 24.4 Å². The molecule has 0 aliphatic heterocycles. The van der Waals surface area contributed by atoms with Crippen LogP contribution in [-0.4, -0.2) is 33.6 Å². The molecule has 2 aromatic heterocycles. The molecule has 2 N–H and O–H groups in total. The van der Waals surface area contributed by atoms with E-state index in [-0.39, 0.29) is 5.91 Å². The van der Waals surface area contributed by atoms with Gasteiger partial charge in [-0.15, -0.1) is 10.2 Å². The van der Waals surface area contributed by atoms with E-state index in [0.717, 1.165) is 24.4 Å². The normalized spacial score (nSPS) is 10.7. The van der Waals surface area contributed by atoms with Gasteiger partial charge < -0.3 is 10.6 Å². The topological polar surface area (TPSA) is 71.3 Å². The van der Waals surface area contributed by atoms with Crippen molar-refractivity contribution in [1.82, 2.24) is 25.2 Å². The van der Waals surface area contributed by atoms with Crippen molar-refractivity contribution < 1.29 is 4.79 Å². The highest BCUT2D eigenvalue weighted by Crippen LogP contribution is 2.01. The molecule has 0 radical (unpaired) electrons. The van der Waals surface area contributed by atoms with Gasteiger partial charge in [0, 0.05) is 6.20 Å². The summed E-state index contributed by atoms with van der Waals surface area (Å²) < 4.78 is 1.86. The molecule has 0 aliphatic carbocycles. The number of fused-ring (bicyclic) bond motifs is 1. The highest BCUT2D eigenvalue weighted by molar-refractivity contribution is 5.77. The van der Waals surface area contributed by atoms with Crippen molar-refractivity contribution in [3.05, 3.63) is 30.2 Å². The van der Waals surface area contributed by atoms with Gasteiger partial charge in [0.1, 0.15) is 0 Å². The lowest BCUT2D eigenvalue weighted by Crippen LogP contribution is -2.34. The number of pyridine rings is 1. The fourth-order valence-corrected chi connectivity index (χ4v) is 1.63. The molecule has 1 amide bonds. The number of hydrogen-bond acceptors (Lipinski definition) is 4. The third kappa shape index (κ3) is 3.04. The Hall–Kier alpha value is -1.95. The van der Waals surface area contributed by atoms with E-state index in [1.165, 1.54) is 0 Å². The predicted molar refractivity (Wildman–Crippen MR) is 68.0 cm³/mol. The van der Waals surface area contributed by atoms with Gasteiger partial charge in [-0.2, -0.15) is 0 Å². The first-order chi connectivity index (χ1) is 8.81. The molecule has 2 rings (SSSR count). The number of aromatic nitrogens is 3. The smallest absolute Gasteiger partial charge is 0.234 e. The van der Waals surface area contributed by atoms with Crippen molar-refractivity contribution >= 4 is 11.6 Å². The SMILES string of the molecule is CCCNCC(=O)NCc1nnc2ccccn12. The minimum absolute atomic E-state index is 0.0314. The van der Waals surface area contributed by atoms with Crippen molar-refractivity contribution in [3.63, 3.8) is 0 Å². The second kappa shape index (κ2) is 6.11. The molecule has 0 aromatic carbocycles. The minimum atomic E-state index is -0.0314. The molecule has 18 heavy (non-hydrogen) atoms. The Morgan fingerprint density at radius 1 is 1.39 bits per heavy atom. The number of carbonyl (C=O) groups excluding carboxylic acids is 1. The number of nitrogens with one attached hydrogen (secondary N) is 2. The maximum atomic E-state index is 11.5. The number of rotatable bonds is 6. The van der Waals surface area contributed by atoms with Crippen molar-refractivity contribution in [2.24, 2.45) is 0 Å². The molecule has 6 heteroatoms. The fourth-order valence-electron chi connectivity index (χ4n) is 1.63. The van der Waals surface area contributed by atoms with E-state index in [2.05, 4.69) is 27.8 Å². The second-order valence-corrected chi connectivity index (χ2v) is 4.00. The van der Waals surface area contributed by atoms with E-state index < -0.39 is 0 Å². The molecule has 2 aromatic rings. The summed E-state index contributed by atoms with van der Waals surface area (Å²) in [7, 11) is 0. The number of amides is 1. The molecule has 0 bridgehead atoms. The molecule has 0 aliphatic rings. The van der Waals surface area contributed by atoms with Crippen LogP contribution < -0.4 is 10.6 Å². The first kappa shape index (κ1) is 12.5. The third-order valence-corrected chi connectivity index (χ3v) is 2.54. The molecule has 96 valence electrons. The van der Waals surface area contributed by atoms with Gasteiger partial charge in [0.05, 0.1) is 13.1 Å². The summed E-state index contributed by atoms with van der Waals surface area (Å²) in [6.45, 7) is 3.64. The summed E-state index contributed by atoms with van der Waals surface area (Å²) in [6.07, 6.45) is 2.90. The molecule has 0 spiro atoms. The number of carbonyl (C=O) groups is 1. The molecule has 0 saturated carbocycles. The molecule has 0 saturated heterocycles. The summed E-state index contributed by atoms with van der Waals surface area (Å²) in [4.78, 5) is 11.5. The first-order valence-corrected chi connectivity index (χ1v) is 6.07. The lowest BCUT2D eigenvalue weighted by atomic mass is 10.4. The average Bonchev–Trinajstić information content (AvgIpc) is 2.80. The van der Waals surface area contributed by atoms with E-state index in [9.17, 15) is 4.79 Å². The molecule has 0 atom stereocenters. The van der Waals surface area contributed by atoms with Gasteiger partial charge in [0.2, 0.25) is 5.91 Å². The Kier molecular flexibility index (Phi) is 4.25. The largest absolute Gasteiger partial charge is 0.348 e. The summed E-state index contributed by atoms with van der Waals surface area (Å²) >= 11 is 0. The average molecular weight is 247 g/mol. The predicted octanol–water partition coefficient (Wildman–Crippen LogP) is 0.345. The van der Waals surface area contributed by atoms with Gasteiger partial charge in [-0.1, -0.05) is 13.0 Å². The van der Waals surface area contributed by atoms with Crippen LogP contribution in [0.4, 0.5) is 0 Å². The fraction of sp³-hybridized carbons (Fsp3) is 0.417. The van der Waals surface area contributed by atoms with Crippen LogP contribution in [0, 0.1) is 0 Å². The summed E-state index contributed by atoms with van der Waals surface area (Å²) in [5.41, 5.74) is 0.783. The minimum Gasteiger partial charge on any atom is -0.348 e. The number of hydrogen-bond donors (Lipinski definition) is 2. The van der Waals surface area contributed by atoms with E-state index >= 15 is 0 Å². The van der Waals surface area contributed by atoms with Crippen LogP contribution >= 0.6 is 0 Å². The lowest BCUT2D eigenvalue weighted by molar-refractivity contribution is -0.120. The van der Waals surface area contributed by atoms with E-state index in [0.29, 0.717) is 13.1 Å². The van der Waals surface area contributed by atoms with Crippen LogP contribution in [-0.2, 0) is 11.3 Å². The van der Waals surface area contributed by atoms with Gasteiger partial charge >= 0.3 is 0 Å². The monoisotopic (exact) mass is 247 g/mol. The first-order valence-electron chi connectivity index (χ1n) is 6.07. The van der Waals surface area contributed by atoms with E-state index in [1.807, 2.05) is 28.8 Å². The summed E-state index contributed by atoms with van der Waals surface area (Å²) in [5.74, 6) is 0.700. The Labute approximate surface area is 105 Å². The number of nitrogens with zero attached hydrogens (tertiary/aromatic N) is 3. The van der Waals surface area contributed by atoms with E-state index in [1.54, 1.807) is 0 Å². The van der Waals surface area contributed by atoms with Crippen LogP contribution in [0.2, 0.25) is 0 Å². The highest BCUT2D eigenvalue weighted by atomic mass is 16.1. The standard InChI is InChI=1S/C12H17N5O/c1-2-6-13-9-12(18)14-8-11-16-15-10-5-3-4-7-17(10)11/h3-5,7,13H,2,6,8-9H2,1H3,(H,14,18). The van der Waals surface area contributed by atoms with Gasteiger partial charge in [-0.05, 0) is 25.1 Å². The molecular formula is C12H17N5O. The Bertz CT molecular complexity index is 522. The zero-order valence-corrected chi connectivity index (χ0v) is 10.4. The maximum Gasteiger partial charge on any atom is 0.234 e. The van der Waals surface area contributed by atoms with Crippen LogP contribution in [0.5, 0.6) is 0 Å². The van der Waals surface area contributed by atoms with E-state index in [4.69, 9.17) is 0 Å². The van der Waals surface area contributed by atoms with Crippen LogP contribution in [0.1, 0.15) is 19.2 Å². The summed E-state index contributed by atoms with van der Waals surface area (Å²) in [5, 5.41) is 13.9. The Morgan fingerprint density at radius 2 is 2.28 bits per heavy atom. The van der Waals surface area contributed by atoms with Gasteiger partial charge in [-0.25, -0.2) is 0 Å². The van der Waals surface area contributed by atoms with Crippen molar-refractivity contribution in [2.45, 2.75) is 19.9 Å². The molecule has 6 nitrogen and oxygen atoms in total. The van der Waals surface area contributed by atoms with Crippen molar-refractivity contribution in [1.29, 1.82) is 0 Å². The molecule has 0 unspecified atom stereocenters. The second-order valence-electron chi connectivity index (χ2n) is 4.00. The molecule has 0 fully saturated rings. The van der Waals surface area contributed by atoms with Gasteiger partial charge in [0.25, 0.3) is 0 Å². The Balaban J connectivity index is 1.88. The van der Waals surface area contributed by atoms with Gasteiger partial charge in [-0.3, -0.25) is 9.20 Å².